The first kappa shape index (κ1) is 15.0. The summed E-state index contributed by atoms with van der Waals surface area (Å²) < 4.78 is 0. The molecule has 2 heterocycles. The number of fused-ring (bicyclic) bond motifs is 1. The lowest BCUT2D eigenvalue weighted by Gasteiger charge is -2.32. The van der Waals surface area contributed by atoms with Gasteiger partial charge in [0.25, 0.3) is 5.91 Å². The average molecular weight is 316 g/mol. The molecule has 1 aliphatic rings. The Hall–Kier alpha value is -1.91. The van der Waals surface area contributed by atoms with Gasteiger partial charge in [-0.1, -0.05) is 11.6 Å². The van der Waals surface area contributed by atoms with Crippen LogP contribution in [0.25, 0.3) is 0 Å². The number of pyridine rings is 1. The minimum absolute atomic E-state index is 0.0138. The van der Waals surface area contributed by atoms with Gasteiger partial charge >= 0.3 is 0 Å². The van der Waals surface area contributed by atoms with Gasteiger partial charge in [-0.2, -0.15) is 0 Å². The number of halogens is 1. The molecule has 1 aromatic carbocycles. The fourth-order valence-electron chi connectivity index (χ4n) is 3.04. The van der Waals surface area contributed by atoms with Crippen LogP contribution in [-0.4, -0.2) is 17.9 Å². The number of nitrogens with one attached hydrogen (secondary N) is 1. The minimum atomic E-state index is -0.461. The maximum atomic E-state index is 12.8. The van der Waals surface area contributed by atoms with E-state index in [0.29, 0.717) is 17.1 Å². The number of hydrogen-bond donors (Lipinski definition) is 1. The van der Waals surface area contributed by atoms with Gasteiger partial charge in [0.1, 0.15) is 0 Å². The van der Waals surface area contributed by atoms with Crippen molar-refractivity contribution in [3.8, 4) is 0 Å². The van der Waals surface area contributed by atoms with Gasteiger partial charge in [-0.05, 0) is 56.3 Å². The normalized spacial score (nSPS) is 16.0. The lowest BCUT2D eigenvalue weighted by Crippen LogP contribution is -2.39. The van der Waals surface area contributed by atoms with Crippen LogP contribution >= 0.6 is 11.6 Å². The summed E-state index contributed by atoms with van der Waals surface area (Å²) in [6, 6.07) is 7.43. The smallest absolute Gasteiger partial charge is 0.259 e. The molecule has 5 heteroatoms. The van der Waals surface area contributed by atoms with Crippen molar-refractivity contribution >= 4 is 23.2 Å². The summed E-state index contributed by atoms with van der Waals surface area (Å²) in [5, 5.41) is 3.74. The van der Waals surface area contributed by atoms with Crippen LogP contribution < -0.4 is 10.2 Å². The van der Waals surface area contributed by atoms with E-state index in [1.807, 2.05) is 33.0 Å². The van der Waals surface area contributed by atoms with E-state index in [2.05, 4.69) is 10.3 Å². The van der Waals surface area contributed by atoms with Crippen molar-refractivity contribution in [2.75, 3.05) is 11.9 Å². The summed E-state index contributed by atoms with van der Waals surface area (Å²) in [5.41, 5.74) is 3.03. The zero-order valence-corrected chi connectivity index (χ0v) is 13.6. The number of carbonyl (C=O) groups is 1. The fraction of sp³-hybridized carbons (Fsp3) is 0.294. The van der Waals surface area contributed by atoms with E-state index in [-0.39, 0.29) is 5.91 Å². The molecule has 0 fully saturated rings. The first-order valence-corrected chi connectivity index (χ1v) is 7.56. The van der Waals surface area contributed by atoms with Crippen molar-refractivity contribution < 1.29 is 4.79 Å². The number of benzene rings is 1. The van der Waals surface area contributed by atoms with Crippen LogP contribution in [0.1, 0.15) is 35.3 Å². The molecular formula is C17H18ClN3O. The third kappa shape index (κ3) is 2.28. The van der Waals surface area contributed by atoms with Crippen molar-refractivity contribution in [3.63, 3.8) is 0 Å². The maximum absolute atomic E-state index is 12.8. The average Bonchev–Trinajstić information content (AvgIpc) is 2.66. The molecular weight excluding hydrogens is 298 g/mol. The molecule has 114 valence electrons. The second-order valence-electron chi connectivity index (χ2n) is 5.97. The monoisotopic (exact) mass is 315 g/mol. The summed E-state index contributed by atoms with van der Waals surface area (Å²) in [6.45, 7) is 4.76. The number of anilines is 1. The van der Waals surface area contributed by atoms with Gasteiger partial charge in [0, 0.05) is 23.3 Å². The number of amides is 1. The molecule has 1 N–H and O–H groups in total. The zero-order valence-electron chi connectivity index (χ0n) is 12.9. The molecule has 22 heavy (non-hydrogen) atoms. The number of rotatable bonds is 3. The molecule has 0 unspecified atom stereocenters. The van der Waals surface area contributed by atoms with Crippen LogP contribution in [0.2, 0.25) is 5.02 Å². The number of hydrogen-bond acceptors (Lipinski definition) is 3. The van der Waals surface area contributed by atoms with Gasteiger partial charge < -0.3 is 5.32 Å². The molecule has 0 atom stereocenters. The van der Waals surface area contributed by atoms with Crippen molar-refractivity contribution in [2.24, 2.45) is 0 Å². The Bertz CT molecular complexity index is 742. The zero-order chi connectivity index (χ0) is 15.9. The van der Waals surface area contributed by atoms with E-state index in [4.69, 9.17) is 11.6 Å². The van der Waals surface area contributed by atoms with E-state index in [1.54, 1.807) is 29.4 Å². The van der Waals surface area contributed by atoms with Gasteiger partial charge in [0.2, 0.25) is 0 Å². The lowest BCUT2D eigenvalue weighted by atomic mass is 9.93. The summed E-state index contributed by atoms with van der Waals surface area (Å²) in [4.78, 5) is 18.9. The summed E-state index contributed by atoms with van der Waals surface area (Å²) in [7, 11) is 1.88. The van der Waals surface area contributed by atoms with E-state index >= 15 is 0 Å². The Kier molecular flexibility index (Phi) is 3.67. The molecule has 4 nitrogen and oxygen atoms in total. The highest BCUT2D eigenvalue weighted by Crippen LogP contribution is 2.42. The summed E-state index contributed by atoms with van der Waals surface area (Å²) >= 11 is 6.11. The molecule has 1 amide bonds. The Morgan fingerprint density at radius 3 is 2.77 bits per heavy atom. The second kappa shape index (κ2) is 5.38. The maximum Gasteiger partial charge on any atom is 0.259 e. The first-order chi connectivity index (χ1) is 10.4. The molecule has 0 aliphatic carbocycles. The first-order valence-electron chi connectivity index (χ1n) is 7.18. The molecule has 1 aliphatic heterocycles. The standard InChI is InChI=1S/C17H18ClN3O/c1-17(2)15-7-12(18)4-5-14(15)16(22)21(17)13-6-11(8-19-3)9-20-10-13/h4-7,9-10,19H,8H2,1-3H3. The highest BCUT2D eigenvalue weighted by Gasteiger charge is 2.44. The van der Waals surface area contributed by atoms with Crippen LogP contribution in [0, 0.1) is 0 Å². The topological polar surface area (TPSA) is 45.2 Å². The molecule has 0 radical (unpaired) electrons. The predicted molar refractivity (Wildman–Crippen MR) is 88.3 cm³/mol. The van der Waals surface area contributed by atoms with Crippen LogP contribution in [-0.2, 0) is 12.1 Å². The molecule has 2 aromatic rings. The Labute approximate surface area is 135 Å². The van der Waals surface area contributed by atoms with Crippen molar-refractivity contribution in [1.82, 2.24) is 10.3 Å². The quantitative estimate of drug-likeness (QED) is 0.944. The predicted octanol–water partition coefficient (Wildman–Crippen LogP) is 3.35. The second-order valence-corrected chi connectivity index (χ2v) is 6.41. The summed E-state index contributed by atoms with van der Waals surface area (Å²) in [5.74, 6) is -0.0138. The number of aromatic nitrogens is 1. The van der Waals surface area contributed by atoms with Crippen molar-refractivity contribution in [1.29, 1.82) is 0 Å². The third-order valence-corrected chi connectivity index (χ3v) is 4.29. The van der Waals surface area contributed by atoms with Crippen LogP contribution in [0.3, 0.4) is 0 Å². The largest absolute Gasteiger partial charge is 0.316 e. The van der Waals surface area contributed by atoms with Crippen molar-refractivity contribution in [2.45, 2.75) is 25.9 Å². The molecule has 1 aromatic heterocycles. The fourth-order valence-corrected chi connectivity index (χ4v) is 3.21. The Balaban J connectivity index is 2.09. The minimum Gasteiger partial charge on any atom is -0.316 e. The Morgan fingerprint density at radius 2 is 2.05 bits per heavy atom. The van der Waals surface area contributed by atoms with Gasteiger partial charge in [-0.15, -0.1) is 0 Å². The Morgan fingerprint density at radius 1 is 1.27 bits per heavy atom. The molecule has 0 spiro atoms. The van der Waals surface area contributed by atoms with Crippen molar-refractivity contribution in [3.05, 3.63) is 58.4 Å². The summed E-state index contributed by atoms with van der Waals surface area (Å²) in [6.07, 6.45) is 3.53. The van der Waals surface area contributed by atoms with E-state index in [1.165, 1.54) is 0 Å². The van der Waals surface area contributed by atoms with Gasteiger partial charge in [-0.25, -0.2) is 0 Å². The molecule has 0 saturated heterocycles. The molecule has 0 bridgehead atoms. The van der Waals surface area contributed by atoms with Gasteiger partial charge in [0.05, 0.1) is 17.4 Å². The highest BCUT2D eigenvalue weighted by molar-refractivity contribution is 6.31. The van der Waals surface area contributed by atoms with Gasteiger partial charge in [0.15, 0.2) is 0 Å². The number of nitrogens with zero attached hydrogens (tertiary/aromatic N) is 2. The molecule has 0 saturated carbocycles. The lowest BCUT2D eigenvalue weighted by molar-refractivity contribution is 0.0982. The molecule has 3 rings (SSSR count). The van der Waals surface area contributed by atoms with E-state index < -0.39 is 5.54 Å². The van der Waals surface area contributed by atoms with Crippen LogP contribution in [0.5, 0.6) is 0 Å². The van der Waals surface area contributed by atoms with E-state index in [9.17, 15) is 4.79 Å². The number of carbonyl (C=O) groups excluding carboxylic acids is 1. The van der Waals surface area contributed by atoms with E-state index in [0.717, 1.165) is 16.8 Å². The third-order valence-electron chi connectivity index (χ3n) is 4.05. The highest BCUT2D eigenvalue weighted by atomic mass is 35.5. The van der Waals surface area contributed by atoms with Gasteiger partial charge in [-0.3, -0.25) is 14.7 Å². The van der Waals surface area contributed by atoms with Crippen LogP contribution in [0.15, 0.2) is 36.7 Å². The SMILES string of the molecule is CNCc1cncc(N2C(=O)c3ccc(Cl)cc3C2(C)C)c1. The van der Waals surface area contributed by atoms with Crippen LogP contribution in [0.4, 0.5) is 5.69 Å².